The van der Waals surface area contributed by atoms with Crippen LogP contribution in [0.1, 0.15) is 0 Å². The maximum absolute atomic E-state index is 11.7. The molecule has 150 valence electrons. The van der Waals surface area contributed by atoms with Crippen molar-refractivity contribution in [3.8, 4) is 11.5 Å². The van der Waals surface area contributed by atoms with E-state index in [-0.39, 0.29) is 17.3 Å². The summed E-state index contributed by atoms with van der Waals surface area (Å²) in [7, 11) is 2.92. The molecule has 29 heavy (non-hydrogen) atoms. The lowest BCUT2D eigenvalue weighted by molar-refractivity contribution is -0.383. The highest BCUT2D eigenvalue weighted by Gasteiger charge is 2.24. The Kier molecular flexibility index (Phi) is 6.20. The van der Waals surface area contributed by atoms with E-state index in [2.05, 4.69) is 20.6 Å². The maximum Gasteiger partial charge on any atom is 0.353 e. The van der Waals surface area contributed by atoms with Gasteiger partial charge in [-0.1, -0.05) is 23.2 Å². The minimum atomic E-state index is -0.585. The lowest BCUT2D eigenvalue weighted by Gasteiger charge is -2.14. The standard InChI is InChI=1S/C18H15Cl2N5O4/c1-28-14-8-15(29-2)13(7-12(14)20)24-18-16(25(26)27)17(21-9-22-18)23-11-5-3-10(19)4-6-11/h3-9H,1-2H3,(H2,21,22,23,24). The molecule has 3 rings (SSSR count). The van der Waals surface area contributed by atoms with E-state index in [9.17, 15) is 10.1 Å². The number of ether oxygens (including phenoxy) is 2. The SMILES string of the molecule is COc1cc(OC)c(Nc2ncnc(Nc3ccc(Cl)cc3)c2[N+](=O)[O-])cc1Cl. The number of nitrogens with zero attached hydrogens (tertiary/aromatic N) is 3. The zero-order chi connectivity index (χ0) is 21.0. The van der Waals surface area contributed by atoms with Crippen LogP contribution in [0.2, 0.25) is 10.0 Å². The Morgan fingerprint density at radius 3 is 2.17 bits per heavy atom. The second-order valence-corrected chi connectivity index (χ2v) is 6.46. The fourth-order valence-electron chi connectivity index (χ4n) is 2.49. The van der Waals surface area contributed by atoms with Gasteiger partial charge in [-0.05, 0) is 30.3 Å². The van der Waals surface area contributed by atoms with E-state index in [0.717, 1.165) is 0 Å². The van der Waals surface area contributed by atoms with Crippen LogP contribution < -0.4 is 20.1 Å². The van der Waals surface area contributed by atoms with E-state index in [1.165, 1.54) is 26.6 Å². The molecule has 11 heteroatoms. The minimum Gasteiger partial charge on any atom is -0.495 e. The molecule has 9 nitrogen and oxygen atoms in total. The molecule has 0 aliphatic heterocycles. The highest BCUT2D eigenvalue weighted by atomic mass is 35.5. The molecule has 2 N–H and O–H groups in total. The van der Waals surface area contributed by atoms with Crippen LogP contribution in [0.15, 0.2) is 42.7 Å². The second kappa shape index (κ2) is 8.80. The molecule has 0 saturated heterocycles. The fourth-order valence-corrected chi connectivity index (χ4v) is 2.86. The molecule has 1 aromatic heterocycles. The van der Waals surface area contributed by atoms with Gasteiger partial charge in [0.25, 0.3) is 0 Å². The average molecular weight is 436 g/mol. The molecule has 0 fully saturated rings. The molecule has 0 aliphatic rings. The molecule has 0 amide bonds. The van der Waals surface area contributed by atoms with Crippen LogP contribution in [0.4, 0.5) is 28.7 Å². The number of methoxy groups -OCH3 is 2. The summed E-state index contributed by atoms with van der Waals surface area (Å²) in [6, 6.07) is 9.74. The molecule has 1 heterocycles. The molecule has 0 saturated carbocycles. The number of halogens is 2. The molecular weight excluding hydrogens is 421 g/mol. The van der Waals surface area contributed by atoms with Gasteiger partial charge in [0.2, 0.25) is 11.6 Å². The van der Waals surface area contributed by atoms with Gasteiger partial charge in [0.05, 0.1) is 29.9 Å². The second-order valence-electron chi connectivity index (χ2n) is 5.62. The Bertz CT molecular complexity index is 1050. The first-order valence-electron chi connectivity index (χ1n) is 8.13. The molecule has 0 radical (unpaired) electrons. The van der Waals surface area contributed by atoms with Crippen LogP contribution in [0.3, 0.4) is 0 Å². The van der Waals surface area contributed by atoms with Crippen molar-refractivity contribution in [2.75, 3.05) is 24.9 Å². The first-order valence-corrected chi connectivity index (χ1v) is 8.89. The Labute approximate surface area is 175 Å². The molecule has 2 aromatic carbocycles. The van der Waals surface area contributed by atoms with Crippen LogP contribution in [0.5, 0.6) is 11.5 Å². The van der Waals surface area contributed by atoms with Crippen molar-refractivity contribution in [3.63, 3.8) is 0 Å². The predicted molar refractivity (Wildman–Crippen MR) is 111 cm³/mol. The van der Waals surface area contributed by atoms with Gasteiger partial charge in [-0.3, -0.25) is 10.1 Å². The van der Waals surface area contributed by atoms with Gasteiger partial charge < -0.3 is 20.1 Å². The summed E-state index contributed by atoms with van der Waals surface area (Å²) in [5, 5.41) is 18.4. The third-order valence-electron chi connectivity index (χ3n) is 3.84. The van der Waals surface area contributed by atoms with Gasteiger partial charge in [-0.15, -0.1) is 0 Å². The minimum absolute atomic E-state index is 0.00778. The van der Waals surface area contributed by atoms with E-state index in [1.807, 2.05) is 0 Å². The molecule has 0 atom stereocenters. The van der Waals surface area contributed by atoms with Crippen molar-refractivity contribution in [2.45, 2.75) is 0 Å². The molecule has 0 spiro atoms. The highest BCUT2D eigenvalue weighted by Crippen LogP contribution is 2.39. The lowest BCUT2D eigenvalue weighted by Crippen LogP contribution is -2.06. The van der Waals surface area contributed by atoms with Crippen LogP contribution >= 0.6 is 23.2 Å². The van der Waals surface area contributed by atoms with Crippen molar-refractivity contribution < 1.29 is 14.4 Å². The van der Waals surface area contributed by atoms with Gasteiger partial charge in [0, 0.05) is 16.8 Å². The smallest absolute Gasteiger partial charge is 0.353 e. The molecule has 0 bridgehead atoms. The highest BCUT2D eigenvalue weighted by molar-refractivity contribution is 6.32. The van der Waals surface area contributed by atoms with Gasteiger partial charge in [-0.2, -0.15) is 0 Å². The first-order chi connectivity index (χ1) is 13.9. The normalized spacial score (nSPS) is 10.3. The fraction of sp³-hybridized carbons (Fsp3) is 0.111. The summed E-state index contributed by atoms with van der Waals surface area (Å²) in [5.74, 6) is 0.733. The molecule has 3 aromatic rings. The lowest BCUT2D eigenvalue weighted by atomic mass is 10.2. The number of rotatable bonds is 7. The van der Waals surface area contributed by atoms with Gasteiger partial charge in [0.15, 0.2) is 0 Å². The number of nitro groups is 1. The monoisotopic (exact) mass is 435 g/mol. The zero-order valence-electron chi connectivity index (χ0n) is 15.3. The molecule has 0 aliphatic carbocycles. The summed E-state index contributed by atoms with van der Waals surface area (Å²) in [6.07, 6.45) is 1.20. The average Bonchev–Trinajstić information content (AvgIpc) is 2.70. The largest absolute Gasteiger partial charge is 0.495 e. The van der Waals surface area contributed by atoms with Gasteiger partial charge >= 0.3 is 5.69 Å². The van der Waals surface area contributed by atoms with Crippen molar-refractivity contribution in [1.29, 1.82) is 0 Å². The van der Waals surface area contributed by atoms with Crippen molar-refractivity contribution in [1.82, 2.24) is 9.97 Å². The summed E-state index contributed by atoms with van der Waals surface area (Å²) in [5.41, 5.74) is 0.598. The number of benzene rings is 2. The quantitative estimate of drug-likeness (QED) is 0.384. The Morgan fingerprint density at radius 1 is 0.966 bits per heavy atom. The summed E-state index contributed by atoms with van der Waals surface area (Å²) in [4.78, 5) is 19.2. The molecule has 0 unspecified atom stereocenters. The Morgan fingerprint density at radius 2 is 1.59 bits per heavy atom. The van der Waals surface area contributed by atoms with Crippen LogP contribution in [-0.2, 0) is 0 Å². The Balaban J connectivity index is 2.01. The topological polar surface area (TPSA) is 111 Å². The molecular formula is C18H15Cl2N5O4. The van der Waals surface area contributed by atoms with E-state index in [4.69, 9.17) is 32.7 Å². The van der Waals surface area contributed by atoms with Gasteiger partial charge in [-0.25, -0.2) is 9.97 Å². The third-order valence-corrected chi connectivity index (χ3v) is 4.39. The number of hydrogen-bond donors (Lipinski definition) is 2. The van der Waals surface area contributed by atoms with E-state index in [0.29, 0.717) is 32.9 Å². The summed E-state index contributed by atoms with van der Waals surface area (Å²) in [6.45, 7) is 0. The third kappa shape index (κ3) is 4.58. The van der Waals surface area contributed by atoms with Crippen LogP contribution in [-0.4, -0.2) is 29.1 Å². The van der Waals surface area contributed by atoms with E-state index < -0.39 is 4.92 Å². The summed E-state index contributed by atoms with van der Waals surface area (Å²) >= 11 is 12.0. The predicted octanol–water partition coefficient (Wildman–Crippen LogP) is 5.20. The van der Waals surface area contributed by atoms with Crippen molar-refractivity contribution in [3.05, 3.63) is 62.9 Å². The van der Waals surface area contributed by atoms with Crippen molar-refractivity contribution in [2.24, 2.45) is 0 Å². The zero-order valence-corrected chi connectivity index (χ0v) is 16.8. The number of nitrogens with one attached hydrogen (secondary N) is 2. The van der Waals surface area contributed by atoms with Crippen LogP contribution in [0, 0.1) is 10.1 Å². The number of anilines is 4. The van der Waals surface area contributed by atoms with Crippen LogP contribution in [0.25, 0.3) is 0 Å². The number of hydrogen-bond acceptors (Lipinski definition) is 8. The maximum atomic E-state index is 11.7. The van der Waals surface area contributed by atoms with Gasteiger partial charge in [0.1, 0.15) is 17.8 Å². The first kappa shape index (κ1) is 20.4. The summed E-state index contributed by atoms with van der Waals surface area (Å²) < 4.78 is 10.5. The van der Waals surface area contributed by atoms with Crippen molar-refractivity contribution >= 4 is 51.9 Å². The Hall–Kier alpha value is -3.30. The van der Waals surface area contributed by atoms with E-state index in [1.54, 1.807) is 30.3 Å². The van der Waals surface area contributed by atoms with E-state index >= 15 is 0 Å². The number of aromatic nitrogens is 2.